The van der Waals surface area contributed by atoms with Gasteiger partial charge in [0.2, 0.25) is 12.2 Å². The average Bonchev–Trinajstić information content (AvgIpc) is 3.10. The Morgan fingerprint density at radius 3 is 1.24 bits per heavy atom. The highest BCUT2D eigenvalue weighted by Gasteiger charge is 2.53. The smallest absolute Gasteiger partial charge is 0.266 e. The molecule has 8 heteroatoms. The van der Waals surface area contributed by atoms with Crippen LogP contribution in [0.1, 0.15) is 23.2 Å². The molecule has 0 radical (unpaired) electrons. The van der Waals surface area contributed by atoms with Crippen molar-refractivity contribution in [2.24, 2.45) is 0 Å². The molecule has 0 aromatic heterocycles. The van der Waals surface area contributed by atoms with E-state index in [9.17, 15) is 9.59 Å². The second kappa shape index (κ2) is 14.1. The lowest BCUT2D eigenvalue weighted by Crippen LogP contribution is -2.66. The van der Waals surface area contributed by atoms with E-state index in [1.807, 2.05) is 84.9 Å². The first-order valence-corrected chi connectivity index (χ1v) is 15.3. The molecule has 2 saturated heterocycles. The standard InChI is InChI=1S/C38H36N2O6/c1-3-25-43-29-19-11-13-21-31(29)45-35-33(27-15-7-5-8-16-27)39(37(35)41)23-24-40-34(28-17-9-6-10-18-28)36(38(40)42)46-32-22-14-12-20-30(32)44-26-4-2/h3-22,33-36H,1-2,23-26H2/t33-,34-,35+,36+/m1/s1. The molecule has 0 saturated carbocycles. The summed E-state index contributed by atoms with van der Waals surface area (Å²) in [7, 11) is 0. The number of hydrogen-bond acceptors (Lipinski definition) is 6. The van der Waals surface area contributed by atoms with Crippen LogP contribution >= 0.6 is 0 Å². The van der Waals surface area contributed by atoms with E-state index in [1.165, 1.54) is 0 Å². The number of rotatable bonds is 15. The Bertz CT molecular complexity index is 1550. The average molecular weight is 617 g/mol. The molecular weight excluding hydrogens is 580 g/mol. The van der Waals surface area contributed by atoms with Crippen molar-refractivity contribution in [3.63, 3.8) is 0 Å². The number of ether oxygens (including phenoxy) is 4. The number of carbonyl (C=O) groups is 2. The molecule has 6 rings (SSSR count). The predicted molar refractivity (Wildman–Crippen MR) is 175 cm³/mol. The van der Waals surface area contributed by atoms with Crippen LogP contribution in [0.4, 0.5) is 0 Å². The first-order valence-electron chi connectivity index (χ1n) is 15.3. The summed E-state index contributed by atoms with van der Waals surface area (Å²) in [4.78, 5) is 30.8. The van der Waals surface area contributed by atoms with Crippen molar-refractivity contribution < 1.29 is 28.5 Å². The van der Waals surface area contributed by atoms with Crippen molar-refractivity contribution in [3.8, 4) is 23.0 Å². The molecule has 4 aromatic rings. The fourth-order valence-corrected chi connectivity index (χ4v) is 5.89. The monoisotopic (exact) mass is 616 g/mol. The van der Waals surface area contributed by atoms with E-state index in [4.69, 9.17) is 18.9 Å². The lowest BCUT2D eigenvalue weighted by atomic mass is 9.88. The Morgan fingerprint density at radius 2 is 0.870 bits per heavy atom. The Hall–Kier alpha value is -5.50. The molecule has 4 aromatic carbocycles. The lowest BCUT2D eigenvalue weighted by Gasteiger charge is -2.50. The molecule has 2 heterocycles. The molecule has 0 aliphatic carbocycles. The summed E-state index contributed by atoms with van der Waals surface area (Å²) in [6.07, 6.45) is 1.84. The Kier molecular flexibility index (Phi) is 9.34. The van der Waals surface area contributed by atoms with E-state index < -0.39 is 12.2 Å². The summed E-state index contributed by atoms with van der Waals surface area (Å²) in [5.74, 6) is 1.75. The van der Waals surface area contributed by atoms with Crippen molar-refractivity contribution in [2.75, 3.05) is 26.3 Å². The number of nitrogens with zero attached hydrogens (tertiary/aromatic N) is 2. The van der Waals surface area contributed by atoms with Crippen LogP contribution in [0.25, 0.3) is 0 Å². The molecule has 0 unspecified atom stereocenters. The highest BCUT2D eigenvalue weighted by molar-refractivity contribution is 5.91. The highest BCUT2D eigenvalue weighted by atomic mass is 16.5. The first-order chi connectivity index (χ1) is 22.6. The lowest BCUT2D eigenvalue weighted by molar-refractivity contribution is -0.172. The number of carbonyl (C=O) groups excluding carboxylic acids is 2. The molecule has 0 spiro atoms. The summed E-state index contributed by atoms with van der Waals surface area (Å²) < 4.78 is 24.1. The number of β-lactam (4-membered cyclic amide) rings is 2. The van der Waals surface area contributed by atoms with E-state index in [0.29, 0.717) is 49.3 Å². The molecule has 234 valence electrons. The van der Waals surface area contributed by atoms with Gasteiger partial charge in [0.15, 0.2) is 23.0 Å². The largest absolute Gasteiger partial charge is 0.486 e. The van der Waals surface area contributed by atoms with Gasteiger partial charge >= 0.3 is 0 Å². The summed E-state index contributed by atoms with van der Waals surface area (Å²) in [5, 5.41) is 0. The highest BCUT2D eigenvalue weighted by Crippen LogP contribution is 2.42. The fraction of sp³-hybridized carbons (Fsp3) is 0.211. The van der Waals surface area contributed by atoms with E-state index in [1.54, 1.807) is 46.2 Å². The quantitative estimate of drug-likeness (QED) is 0.117. The summed E-state index contributed by atoms with van der Waals surface area (Å²) in [6, 6.07) is 33.5. The van der Waals surface area contributed by atoms with Gasteiger partial charge in [-0.25, -0.2) is 0 Å². The van der Waals surface area contributed by atoms with Crippen LogP contribution in [0.3, 0.4) is 0 Å². The van der Waals surface area contributed by atoms with Gasteiger partial charge in [-0.15, -0.1) is 0 Å². The van der Waals surface area contributed by atoms with Crippen LogP contribution in [0.15, 0.2) is 135 Å². The molecule has 8 nitrogen and oxygen atoms in total. The van der Waals surface area contributed by atoms with Crippen LogP contribution in [-0.2, 0) is 9.59 Å². The summed E-state index contributed by atoms with van der Waals surface area (Å²) >= 11 is 0. The van der Waals surface area contributed by atoms with E-state index >= 15 is 0 Å². The fourth-order valence-electron chi connectivity index (χ4n) is 5.89. The second-order valence-corrected chi connectivity index (χ2v) is 10.9. The molecule has 4 atom stereocenters. The maximum absolute atomic E-state index is 13.7. The van der Waals surface area contributed by atoms with E-state index in [0.717, 1.165) is 11.1 Å². The topological polar surface area (TPSA) is 77.5 Å². The van der Waals surface area contributed by atoms with Gasteiger partial charge < -0.3 is 28.7 Å². The van der Waals surface area contributed by atoms with Crippen LogP contribution in [-0.4, -0.2) is 60.1 Å². The number of benzene rings is 4. The van der Waals surface area contributed by atoms with Crippen molar-refractivity contribution in [2.45, 2.75) is 24.3 Å². The van der Waals surface area contributed by atoms with Gasteiger partial charge in [0, 0.05) is 13.1 Å². The van der Waals surface area contributed by atoms with Gasteiger partial charge in [-0.2, -0.15) is 0 Å². The second-order valence-electron chi connectivity index (χ2n) is 10.9. The molecule has 2 amide bonds. The number of likely N-dealkylation sites (tertiary alicyclic amines) is 2. The summed E-state index contributed by atoms with van der Waals surface area (Å²) in [6.45, 7) is 8.71. The van der Waals surface area contributed by atoms with Crippen LogP contribution in [0.5, 0.6) is 23.0 Å². The van der Waals surface area contributed by atoms with Crippen molar-refractivity contribution >= 4 is 11.8 Å². The van der Waals surface area contributed by atoms with Gasteiger partial charge in [0.05, 0.1) is 0 Å². The third kappa shape index (κ3) is 6.19. The zero-order valence-electron chi connectivity index (χ0n) is 25.4. The van der Waals surface area contributed by atoms with Gasteiger partial charge in [-0.3, -0.25) is 9.59 Å². The van der Waals surface area contributed by atoms with Crippen molar-refractivity contribution in [3.05, 3.63) is 146 Å². The molecule has 0 N–H and O–H groups in total. The van der Waals surface area contributed by atoms with Crippen LogP contribution in [0.2, 0.25) is 0 Å². The van der Waals surface area contributed by atoms with Gasteiger partial charge in [-0.1, -0.05) is 110 Å². The maximum Gasteiger partial charge on any atom is 0.266 e. The van der Waals surface area contributed by atoms with Crippen molar-refractivity contribution in [1.29, 1.82) is 0 Å². The summed E-state index contributed by atoms with van der Waals surface area (Å²) in [5.41, 5.74) is 1.90. The molecule has 46 heavy (non-hydrogen) atoms. The van der Waals surface area contributed by atoms with Gasteiger partial charge in [0.25, 0.3) is 11.8 Å². The third-order valence-electron chi connectivity index (χ3n) is 8.08. The van der Waals surface area contributed by atoms with E-state index in [2.05, 4.69) is 13.2 Å². The van der Waals surface area contributed by atoms with Crippen molar-refractivity contribution in [1.82, 2.24) is 9.80 Å². The molecule has 2 aliphatic rings. The number of hydrogen-bond donors (Lipinski definition) is 0. The van der Waals surface area contributed by atoms with Gasteiger partial charge in [0.1, 0.15) is 25.3 Å². The van der Waals surface area contributed by atoms with E-state index in [-0.39, 0.29) is 23.9 Å². The maximum atomic E-state index is 13.7. The molecule has 2 aliphatic heterocycles. The number of amides is 2. The Morgan fingerprint density at radius 1 is 0.522 bits per heavy atom. The van der Waals surface area contributed by atoms with Crippen LogP contribution < -0.4 is 18.9 Å². The number of para-hydroxylation sites is 4. The minimum absolute atomic E-state index is 0.155. The van der Waals surface area contributed by atoms with Crippen LogP contribution in [0, 0.1) is 0 Å². The Balaban J connectivity index is 1.20. The normalized spacial score (nSPS) is 20.3. The SMILES string of the molecule is C=CCOc1ccccc1O[C@@H]1C(=O)N(CCN2C(=O)[C@@H](Oc3ccccc3OCC=C)[C@H]2c2ccccc2)[C@@H]1c1ccccc1. The predicted octanol–water partition coefficient (Wildman–Crippen LogP) is 6.18. The Labute approximate surface area is 269 Å². The molecule has 0 bridgehead atoms. The first kappa shape index (κ1) is 30.5. The molecular formula is C38H36N2O6. The minimum atomic E-state index is -0.740. The zero-order valence-corrected chi connectivity index (χ0v) is 25.4. The zero-order chi connectivity index (χ0) is 31.9. The molecule has 2 fully saturated rings. The van der Waals surface area contributed by atoms with Gasteiger partial charge in [-0.05, 0) is 35.4 Å². The third-order valence-corrected chi connectivity index (χ3v) is 8.08. The minimum Gasteiger partial charge on any atom is -0.486 e.